The summed E-state index contributed by atoms with van der Waals surface area (Å²) in [7, 11) is 0. The molecule has 1 aromatic rings. The van der Waals surface area contributed by atoms with Gasteiger partial charge < -0.3 is 10.1 Å². The highest BCUT2D eigenvalue weighted by Gasteiger charge is 2.30. The first-order valence-corrected chi connectivity index (χ1v) is 10.6. The molecule has 8 heteroatoms. The molecule has 1 aliphatic rings. The Morgan fingerprint density at radius 1 is 1.35 bits per heavy atom. The minimum Gasteiger partial charge on any atom is -0.453 e. The number of carbonyl (C=O) groups is 3. The second-order valence-corrected chi connectivity index (χ2v) is 7.90. The fourth-order valence-electron chi connectivity index (χ4n) is 2.69. The van der Waals surface area contributed by atoms with Gasteiger partial charge in [-0.1, -0.05) is 23.2 Å². The quantitative estimate of drug-likeness (QED) is 0.680. The van der Waals surface area contributed by atoms with Crippen LogP contribution in [0.3, 0.4) is 0 Å². The van der Waals surface area contributed by atoms with E-state index >= 15 is 0 Å². The molecule has 5 nitrogen and oxygen atoms in total. The van der Waals surface area contributed by atoms with Crippen LogP contribution < -0.4 is 5.32 Å². The molecule has 0 heterocycles. The summed E-state index contributed by atoms with van der Waals surface area (Å²) in [6.07, 6.45) is 4.25. The van der Waals surface area contributed by atoms with Gasteiger partial charge in [-0.15, -0.1) is 0 Å². The lowest BCUT2D eigenvalue weighted by Gasteiger charge is -2.24. The Labute approximate surface area is 167 Å². The molecule has 2 rings (SSSR count). The number of benzene rings is 1. The van der Waals surface area contributed by atoms with Crippen molar-refractivity contribution in [1.29, 1.82) is 0 Å². The summed E-state index contributed by atoms with van der Waals surface area (Å²) in [5.74, 6) is -0.463. The van der Waals surface area contributed by atoms with Crippen LogP contribution in [-0.4, -0.2) is 41.8 Å². The van der Waals surface area contributed by atoms with Crippen LogP contribution in [0.2, 0.25) is 10.0 Å². The lowest BCUT2D eigenvalue weighted by atomic mass is 9.96. The molecule has 0 spiro atoms. The van der Waals surface area contributed by atoms with Gasteiger partial charge in [0.05, 0.1) is 10.6 Å². The Bertz CT molecular complexity index is 683. The van der Waals surface area contributed by atoms with Gasteiger partial charge in [-0.05, 0) is 55.9 Å². The summed E-state index contributed by atoms with van der Waals surface area (Å²) in [5, 5.41) is 3.29. The predicted molar refractivity (Wildman–Crippen MR) is 104 cm³/mol. The summed E-state index contributed by atoms with van der Waals surface area (Å²) in [5.41, 5.74) is 0.228. The maximum Gasteiger partial charge on any atom is 0.329 e. The third-order valence-electron chi connectivity index (χ3n) is 4.13. The third-order valence-corrected chi connectivity index (χ3v) is 5.33. The van der Waals surface area contributed by atoms with E-state index in [0.717, 1.165) is 12.8 Å². The number of amides is 1. The molecule has 0 saturated heterocycles. The average Bonchev–Trinajstić information content (AvgIpc) is 2.60. The van der Waals surface area contributed by atoms with Gasteiger partial charge in [0.1, 0.15) is 6.04 Å². The van der Waals surface area contributed by atoms with Crippen molar-refractivity contribution in [2.75, 3.05) is 12.0 Å². The molecule has 1 N–H and O–H groups in total. The first-order chi connectivity index (χ1) is 12.4. The van der Waals surface area contributed by atoms with Crippen molar-refractivity contribution in [3.63, 3.8) is 0 Å². The summed E-state index contributed by atoms with van der Waals surface area (Å²) in [6.45, 7) is 0. The molecule has 1 saturated carbocycles. The van der Waals surface area contributed by atoms with Gasteiger partial charge in [0, 0.05) is 11.4 Å². The van der Waals surface area contributed by atoms with Gasteiger partial charge in [-0.3, -0.25) is 9.59 Å². The number of hydrogen-bond acceptors (Lipinski definition) is 5. The molecule has 26 heavy (non-hydrogen) atoms. The molecule has 1 amide bonds. The Morgan fingerprint density at radius 2 is 2.12 bits per heavy atom. The molecule has 142 valence electrons. The Hall–Kier alpha value is -1.24. The van der Waals surface area contributed by atoms with Gasteiger partial charge >= 0.3 is 5.97 Å². The van der Waals surface area contributed by atoms with Crippen LogP contribution in [0.25, 0.3) is 0 Å². The SMILES string of the molecule is CSCC[C@H](NC(=O)c1ccc(Cl)cc1Cl)C(=O)O[C@@H]1CCCCC1=O. The molecule has 1 aliphatic carbocycles. The molecule has 0 aromatic heterocycles. The number of nitrogens with one attached hydrogen (secondary N) is 1. The van der Waals surface area contributed by atoms with Crippen molar-refractivity contribution in [2.45, 2.75) is 44.2 Å². The van der Waals surface area contributed by atoms with E-state index in [1.807, 2.05) is 6.26 Å². The minimum atomic E-state index is -0.837. The molecule has 0 bridgehead atoms. The van der Waals surface area contributed by atoms with Gasteiger partial charge in [-0.2, -0.15) is 11.8 Å². The van der Waals surface area contributed by atoms with Crippen molar-refractivity contribution in [1.82, 2.24) is 5.32 Å². The Kier molecular flexibility index (Phi) is 8.25. The number of carbonyl (C=O) groups excluding carboxylic acids is 3. The molecule has 0 radical (unpaired) electrons. The van der Waals surface area contributed by atoms with Crippen molar-refractivity contribution in [3.05, 3.63) is 33.8 Å². The molecule has 0 aliphatic heterocycles. The topological polar surface area (TPSA) is 72.5 Å². The first kappa shape index (κ1) is 21.1. The third kappa shape index (κ3) is 5.89. The van der Waals surface area contributed by atoms with Crippen molar-refractivity contribution in [3.8, 4) is 0 Å². The first-order valence-electron chi connectivity index (χ1n) is 8.40. The normalized spacial score (nSPS) is 18.3. The van der Waals surface area contributed by atoms with Gasteiger partial charge in [0.2, 0.25) is 0 Å². The summed E-state index contributed by atoms with van der Waals surface area (Å²) < 4.78 is 5.38. The number of Topliss-reactive ketones (excluding diaryl/α,β-unsaturated/α-hetero) is 1. The number of esters is 1. The number of rotatable bonds is 7. The highest BCUT2D eigenvalue weighted by atomic mass is 35.5. The number of ketones is 1. The van der Waals surface area contributed by atoms with Crippen molar-refractivity contribution >= 4 is 52.6 Å². The van der Waals surface area contributed by atoms with Gasteiger partial charge in [-0.25, -0.2) is 4.79 Å². The van der Waals surface area contributed by atoms with E-state index in [9.17, 15) is 14.4 Å². The van der Waals surface area contributed by atoms with E-state index in [-0.39, 0.29) is 16.4 Å². The Morgan fingerprint density at radius 3 is 2.77 bits per heavy atom. The highest BCUT2D eigenvalue weighted by Crippen LogP contribution is 2.22. The minimum absolute atomic E-state index is 0.0553. The maximum atomic E-state index is 12.5. The highest BCUT2D eigenvalue weighted by molar-refractivity contribution is 7.98. The van der Waals surface area contributed by atoms with Crippen LogP contribution in [0.4, 0.5) is 0 Å². The summed E-state index contributed by atoms with van der Waals surface area (Å²) in [6, 6.07) is 3.69. The van der Waals surface area contributed by atoms with Crippen LogP contribution in [0, 0.1) is 0 Å². The van der Waals surface area contributed by atoms with E-state index in [1.54, 1.807) is 17.8 Å². The predicted octanol–water partition coefficient (Wildman–Crippen LogP) is 3.90. The smallest absolute Gasteiger partial charge is 0.329 e. The molecule has 0 unspecified atom stereocenters. The van der Waals surface area contributed by atoms with Crippen LogP contribution in [0.15, 0.2) is 18.2 Å². The van der Waals surface area contributed by atoms with E-state index < -0.39 is 24.0 Å². The van der Waals surface area contributed by atoms with E-state index in [0.29, 0.717) is 30.0 Å². The maximum absolute atomic E-state index is 12.5. The lowest BCUT2D eigenvalue weighted by molar-refractivity contribution is -0.158. The zero-order valence-electron chi connectivity index (χ0n) is 14.4. The second-order valence-electron chi connectivity index (χ2n) is 6.07. The zero-order valence-corrected chi connectivity index (χ0v) is 16.8. The monoisotopic (exact) mass is 417 g/mol. The largest absolute Gasteiger partial charge is 0.453 e. The fraction of sp³-hybridized carbons (Fsp3) is 0.500. The van der Waals surface area contributed by atoms with E-state index in [1.165, 1.54) is 12.1 Å². The van der Waals surface area contributed by atoms with Crippen LogP contribution in [0.5, 0.6) is 0 Å². The van der Waals surface area contributed by atoms with Crippen LogP contribution >= 0.6 is 35.0 Å². The van der Waals surface area contributed by atoms with Crippen molar-refractivity contribution < 1.29 is 19.1 Å². The van der Waals surface area contributed by atoms with Crippen LogP contribution in [0.1, 0.15) is 42.5 Å². The number of halogens is 2. The van der Waals surface area contributed by atoms with Gasteiger partial charge in [0.25, 0.3) is 5.91 Å². The van der Waals surface area contributed by atoms with E-state index in [4.69, 9.17) is 27.9 Å². The standard InChI is InChI=1S/C18H21Cl2NO4S/c1-26-9-8-14(18(24)25-16-5-3-2-4-15(16)22)21-17(23)12-7-6-11(19)10-13(12)20/h6-7,10,14,16H,2-5,8-9H2,1H3,(H,21,23)/t14-,16+/m0/s1. The molecular formula is C18H21Cl2NO4S. The Balaban J connectivity index is 2.06. The zero-order chi connectivity index (χ0) is 19.1. The molecule has 1 fully saturated rings. The fourth-order valence-corrected chi connectivity index (χ4v) is 3.66. The molecule has 1 aromatic carbocycles. The number of ether oxygens (including phenoxy) is 1. The van der Waals surface area contributed by atoms with Crippen LogP contribution in [-0.2, 0) is 14.3 Å². The second kappa shape index (κ2) is 10.2. The molecular weight excluding hydrogens is 397 g/mol. The van der Waals surface area contributed by atoms with E-state index in [2.05, 4.69) is 5.32 Å². The van der Waals surface area contributed by atoms with Crippen molar-refractivity contribution in [2.24, 2.45) is 0 Å². The average molecular weight is 418 g/mol. The summed E-state index contributed by atoms with van der Waals surface area (Å²) in [4.78, 5) is 36.9. The lowest BCUT2D eigenvalue weighted by Crippen LogP contribution is -2.44. The van der Waals surface area contributed by atoms with Gasteiger partial charge in [0.15, 0.2) is 11.9 Å². The summed E-state index contributed by atoms with van der Waals surface area (Å²) >= 11 is 13.5. The number of hydrogen-bond donors (Lipinski definition) is 1. The molecule has 2 atom stereocenters. The number of thioether (sulfide) groups is 1.